The van der Waals surface area contributed by atoms with Crippen molar-refractivity contribution in [2.24, 2.45) is 7.05 Å². The first-order chi connectivity index (χ1) is 7.22. The summed E-state index contributed by atoms with van der Waals surface area (Å²) in [4.78, 5) is 11.2. The molecular formula is C10H12N2O2S. The van der Waals surface area contributed by atoms with Gasteiger partial charge in [-0.2, -0.15) is 12.6 Å². The fourth-order valence-corrected chi connectivity index (χ4v) is 1.56. The van der Waals surface area contributed by atoms with Crippen LogP contribution in [0.2, 0.25) is 0 Å². The second-order valence-electron chi connectivity index (χ2n) is 3.26. The number of hydrogen-bond donors (Lipinski definition) is 2. The SMILES string of the molecule is Cn1c(=O)oc2cc(NCCS)ccc21. The van der Waals surface area contributed by atoms with Crippen LogP contribution < -0.4 is 11.1 Å². The maximum Gasteiger partial charge on any atom is 0.419 e. The molecule has 1 N–H and O–H groups in total. The van der Waals surface area contributed by atoms with Crippen LogP contribution >= 0.6 is 12.6 Å². The molecule has 0 bridgehead atoms. The minimum absolute atomic E-state index is 0.337. The monoisotopic (exact) mass is 224 g/mol. The molecule has 0 atom stereocenters. The third-order valence-electron chi connectivity index (χ3n) is 2.23. The molecule has 0 unspecified atom stereocenters. The first-order valence-electron chi connectivity index (χ1n) is 4.66. The molecule has 0 aliphatic carbocycles. The van der Waals surface area contributed by atoms with Crippen molar-refractivity contribution in [3.63, 3.8) is 0 Å². The molecule has 0 spiro atoms. The van der Waals surface area contributed by atoms with Crippen LogP contribution in [0.1, 0.15) is 0 Å². The summed E-state index contributed by atoms with van der Waals surface area (Å²) in [6.45, 7) is 0.783. The Morgan fingerprint density at radius 1 is 1.53 bits per heavy atom. The second kappa shape index (κ2) is 4.02. The fourth-order valence-electron chi connectivity index (χ4n) is 1.44. The first-order valence-corrected chi connectivity index (χ1v) is 5.30. The molecule has 0 fully saturated rings. The minimum atomic E-state index is -0.337. The lowest BCUT2D eigenvalue weighted by Crippen LogP contribution is -2.08. The summed E-state index contributed by atoms with van der Waals surface area (Å²) in [5.74, 6) is 0.424. The zero-order chi connectivity index (χ0) is 10.8. The van der Waals surface area contributed by atoms with Crippen LogP contribution in [0.25, 0.3) is 11.1 Å². The van der Waals surface area contributed by atoms with Crippen molar-refractivity contribution in [3.05, 3.63) is 28.7 Å². The van der Waals surface area contributed by atoms with Gasteiger partial charge in [0.05, 0.1) is 5.52 Å². The number of nitrogens with zero attached hydrogens (tertiary/aromatic N) is 1. The molecule has 80 valence electrons. The van der Waals surface area contributed by atoms with Crippen molar-refractivity contribution in [3.8, 4) is 0 Å². The number of oxazole rings is 1. The lowest BCUT2D eigenvalue weighted by molar-refractivity contribution is 0.528. The topological polar surface area (TPSA) is 47.2 Å². The van der Waals surface area contributed by atoms with Gasteiger partial charge >= 0.3 is 5.76 Å². The molecule has 0 aliphatic rings. The van der Waals surface area contributed by atoms with E-state index in [2.05, 4.69) is 17.9 Å². The number of benzene rings is 1. The van der Waals surface area contributed by atoms with E-state index in [4.69, 9.17) is 4.42 Å². The van der Waals surface area contributed by atoms with Crippen LogP contribution in [0.5, 0.6) is 0 Å². The van der Waals surface area contributed by atoms with E-state index in [9.17, 15) is 4.79 Å². The number of aromatic nitrogens is 1. The van der Waals surface area contributed by atoms with Gasteiger partial charge in [0, 0.05) is 31.1 Å². The Bertz CT molecular complexity index is 530. The summed E-state index contributed by atoms with van der Waals surface area (Å²) in [6, 6.07) is 5.60. The minimum Gasteiger partial charge on any atom is -0.408 e. The standard InChI is InChI=1S/C10H12N2O2S/c1-12-8-3-2-7(11-4-5-15)6-9(8)14-10(12)13/h2-3,6,11,15H,4-5H2,1H3. The second-order valence-corrected chi connectivity index (χ2v) is 3.71. The molecule has 0 radical (unpaired) electrons. The van der Waals surface area contributed by atoms with Gasteiger partial charge in [-0.05, 0) is 12.1 Å². The summed E-state index contributed by atoms with van der Waals surface area (Å²) in [5.41, 5.74) is 2.34. The van der Waals surface area contributed by atoms with Crippen molar-refractivity contribution in [1.82, 2.24) is 4.57 Å². The van der Waals surface area contributed by atoms with Crippen LogP contribution in [-0.4, -0.2) is 16.9 Å². The predicted octanol–water partition coefficient (Wildman–Crippen LogP) is 1.47. The van der Waals surface area contributed by atoms with Gasteiger partial charge in [0.15, 0.2) is 5.58 Å². The Morgan fingerprint density at radius 2 is 2.33 bits per heavy atom. The molecule has 4 nitrogen and oxygen atoms in total. The zero-order valence-electron chi connectivity index (χ0n) is 8.36. The molecule has 15 heavy (non-hydrogen) atoms. The molecule has 2 aromatic rings. The van der Waals surface area contributed by atoms with Gasteiger partial charge in [0.2, 0.25) is 0 Å². The van der Waals surface area contributed by atoms with Crippen molar-refractivity contribution >= 4 is 29.4 Å². The quantitative estimate of drug-likeness (QED) is 0.776. The van der Waals surface area contributed by atoms with Crippen LogP contribution in [0, 0.1) is 0 Å². The zero-order valence-corrected chi connectivity index (χ0v) is 9.25. The number of nitrogens with one attached hydrogen (secondary N) is 1. The van der Waals surface area contributed by atoms with E-state index in [1.165, 1.54) is 4.57 Å². The maximum atomic E-state index is 11.2. The highest BCUT2D eigenvalue weighted by atomic mass is 32.1. The number of fused-ring (bicyclic) bond motifs is 1. The lowest BCUT2D eigenvalue weighted by Gasteiger charge is -2.03. The summed E-state index contributed by atoms with van der Waals surface area (Å²) in [7, 11) is 1.69. The highest BCUT2D eigenvalue weighted by Crippen LogP contribution is 2.17. The average molecular weight is 224 g/mol. The van der Waals surface area contributed by atoms with Crippen LogP contribution in [0.4, 0.5) is 5.69 Å². The Hall–Kier alpha value is -1.36. The van der Waals surface area contributed by atoms with Gasteiger partial charge < -0.3 is 9.73 Å². The molecular weight excluding hydrogens is 212 g/mol. The van der Waals surface area contributed by atoms with Crippen LogP contribution in [0.3, 0.4) is 0 Å². The largest absolute Gasteiger partial charge is 0.419 e. The molecule has 0 amide bonds. The van der Waals surface area contributed by atoms with Crippen LogP contribution in [-0.2, 0) is 7.05 Å². The Balaban J connectivity index is 2.43. The van der Waals surface area contributed by atoms with E-state index in [0.29, 0.717) is 5.58 Å². The van der Waals surface area contributed by atoms with Gasteiger partial charge in [-0.25, -0.2) is 4.79 Å². The number of aryl methyl sites for hydroxylation is 1. The van der Waals surface area contributed by atoms with E-state index in [-0.39, 0.29) is 5.76 Å². The van der Waals surface area contributed by atoms with E-state index >= 15 is 0 Å². The average Bonchev–Trinajstić information content (AvgIpc) is 2.52. The highest BCUT2D eigenvalue weighted by Gasteiger charge is 2.05. The summed E-state index contributed by atoms with van der Waals surface area (Å²) >= 11 is 4.10. The van der Waals surface area contributed by atoms with Crippen molar-refractivity contribution < 1.29 is 4.42 Å². The van der Waals surface area contributed by atoms with E-state index in [1.54, 1.807) is 7.05 Å². The predicted molar refractivity (Wildman–Crippen MR) is 63.8 cm³/mol. The number of rotatable bonds is 3. The molecule has 0 aliphatic heterocycles. The molecule has 0 saturated carbocycles. The molecule has 2 rings (SSSR count). The molecule has 5 heteroatoms. The molecule has 1 aromatic heterocycles. The maximum absolute atomic E-state index is 11.2. The van der Waals surface area contributed by atoms with Gasteiger partial charge in [-0.15, -0.1) is 0 Å². The number of hydrogen-bond acceptors (Lipinski definition) is 4. The van der Waals surface area contributed by atoms with Gasteiger partial charge in [-0.1, -0.05) is 0 Å². The van der Waals surface area contributed by atoms with Crippen molar-refractivity contribution in [1.29, 1.82) is 0 Å². The third-order valence-corrected chi connectivity index (χ3v) is 2.46. The van der Waals surface area contributed by atoms with Gasteiger partial charge in [-0.3, -0.25) is 4.57 Å². The molecule has 0 saturated heterocycles. The van der Waals surface area contributed by atoms with E-state index in [1.807, 2.05) is 18.2 Å². The van der Waals surface area contributed by atoms with Crippen molar-refractivity contribution in [2.75, 3.05) is 17.6 Å². The van der Waals surface area contributed by atoms with E-state index < -0.39 is 0 Å². The van der Waals surface area contributed by atoms with Gasteiger partial charge in [0.1, 0.15) is 0 Å². The number of anilines is 1. The van der Waals surface area contributed by atoms with Crippen LogP contribution in [0.15, 0.2) is 27.4 Å². The number of thiol groups is 1. The van der Waals surface area contributed by atoms with Crippen molar-refractivity contribution in [2.45, 2.75) is 0 Å². The normalized spacial score (nSPS) is 10.8. The smallest absolute Gasteiger partial charge is 0.408 e. The molecule has 1 aromatic carbocycles. The Kier molecular flexibility index (Phi) is 2.73. The summed E-state index contributed by atoms with van der Waals surface area (Å²) < 4.78 is 6.55. The lowest BCUT2D eigenvalue weighted by atomic mass is 10.3. The first kappa shape index (κ1) is 10.2. The Morgan fingerprint density at radius 3 is 3.07 bits per heavy atom. The highest BCUT2D eigenvalue weighted by molar-refractivity contribution is 7.80. The van der Waals surface area contributed by atoms with Gasteiger partial charge in [0.25, 0.3) is 0 Å². The third kappa shape index (κ3) is 1.87. The Labute approximate surface area is 92.3 Å². The summed E-state index contributed by atoms with van der Waals surface area (Å²) in [6.07, 6.45) is 0. The fraction of sp³-hybridized carbons (Fsp3) is 0.300. The molecule has 1 heterocycles. The summed E-state index contributed by atoms with van der Waals surface area (Å²) in [5, 5.41) is 3.17. The van der Waals surface area contributed by atoms with E-state index in [0.717, 1.165) is 23.5 Å².